The Kier molecular flexibility index (Phi) is 6.17. The summed E-state index contributed by atoms with van der Waals surface area (Å²) in [6.45, 7) is 1.93. The van der Waals surface area contributed by atoms with Crippen LogP contribution in [0.2, 0.25) is 0 Å². The number of ketones is 1. The normalized spacial score (nSPS) is 11.5. The van der Waals surface area contributed by atoms with E-state index in [1.807, 2.05) is 19.1 Å². The molecule has 3 rings (SSSR count). The zero-order chi connectivity index (χ0) is 21.7. The van der Waals surface area contributed by atoms with Crippen molar-refractivity contribution in [1.29, 1.82) is 0 Å². The lowest BCUT2D eigenvalue weighted by Crippen LogP contribution is -2.16. The van der Waals surface area contributed by atoms with Gasteiger partial charge in [-0.05, 0) is 24.6 Å². The van der Waals surface area contributed by atoms with Crippen LogP contribution < -0.4 is 5.32 Å². The lowest BCUT2D eigenvalue weighted by Gasteiger charge is -2.20. The van der Waals surface area contributed by atoms with E-state index >= 15 is 0 Å². The van der Waals surface area contributed by atoms with Crippen molar-refractivity contribution in [3.8, 4) is 0 Å². The van der Waals surface area contributed by atoms with Gasteiger partial charge in [-0.3, -0.25) is 25.0 Å². The highest BCUT2D eigenvalue weighted by Gasteiger charge is 2.19. The molecule has 3 aromatic rings. The highest BCUT2D eigenvalue weighted by atomic mass is 16.6. The molecule has 0 aromatic heterocycles. The van der Waals surface area contributed by atoms with Crippen LogP contribution in [0.15, 0.2) is 72.8 Å². The van der Waals surface area contributed by atoms with Crippen LogP contribution in [-0.2, 0) is 0 Å². The predicted molar refractivity (Wildman–Crippen MR) is 113 cm³/mol. The van der Waals surface area contributed by atoms with E-state index in [9.17, 15) is 25.0 Å². The molecule has 0 radical (unpaired) electrons. The van der Waals surface area contributed by atoms with Crippen LogP contribution in [0.4, 0.5) is 17.1 Å². The van der Waals surface area contributed by atoms with Gasteiger partial charge in [0, 0.05) is 41.9 Å². The Morgan fingerprint density at radius 3 is 1.83 bits per heavy atom. The minimum absolute atomic E-state index is 0.0387. The average Bonchev–Trinajstić information content (AvgIpc) is 2.74. The molecule has 8 heteroatoms. The predicted octanol–water partition coefficient (Wildman–Crippen LogP) is 5.24. The Bertz CT molecular complexity index is 1060. The molecule has 0 aliphatic heterocycles. The fourth-order valence-corrected chi connectivity index (χ4v) is 3.00. The fraction of sp³-hybridized carbons (Fsp3) is 0.136. The summed E-state index contributed by atoms with van der Waals surface area (Å²) >= 11 is 0. The van der Waals surface area contributed by atoms with Gasteiger partial charge in [-0.15, -0.1) is 0 Å². The molecule has 152 valence electrons. The van der Waals surface area contributed by atoms with Crippen LogP contribution in [0.1, 0.15) is 33.9 Å². The second-order valence-corrected chi connectivity index (χ2v) is 6.84. The molecule has 0 amide bonds. The third kappa shape index (κ3) is 5.05. The number of benzene rings is 3. The first-order valence-corrected chi connectivity index (χ1v) is 9.18. The molecule has 1 atom stereocenters. The second-order valence-electron chi connectivity index (χ2n) is 6.84. The highest BCUT2D eigenvalue weighted by molar-refractivity contribution is 5.96. The van der Waals surface area contributed by atoms with Gasteiger partial charge in [-0.2, -0.15) is 0 Å². The Hall–Kier alpha value is -4.07. The molecule has 1 unspecified atom stereocenters. The summed E-state index contributed by atoms with van der Waals surface area (Å²) in [5, 5.41) is 25.0. The van der Waals surface area contributed by atoms with E-state index in [1.165, 1.54) is 24.3 Å². The molecular weight excluding hydrogens is 386 g/mol. The van der Waals surface area contributed by atoms with Gasteiger partial charge in [0.1, 0.15) is 0 Å². The lowest BCUT2D eigenvalue weighted by molar-refractivity contribution is -0.385. The molecule has 1 N–H and O–H groups in total. The summed E-state index contributed by atoms with van der Waals surface area (Å²) in [7, 11) is 0. The van der Waals surface area contributed by atoms with Crippen molar-refractivity contribution >= 4 is 22.8 Å². The van der Waals surface area contributed by atoms with Crippen LogP contribution in [0.5, 0.6) is 0 Å². The summed E-state index contributed by atoms with van der Waals surface area (Å²) in [4.78, 5) is 33.6. The number of nitrogens with zero attached hydrogens (tertiary/aromatic N) is 2. The summed E-state index contributed by atoms with van der Waals surface area (Å²) < 4.78 is 0. The van der Waals surface area contributed by atoms with Crippen molar-refractivity contribution in [2.45, 2.75) is 19.4 Å². The number of anilines is 1. The van der Waals surface area contributed by atoms with Gasteiger partial charge >= 0.3 is 0 Å². The number of non-ortho nitro benzene ring substituents is 2. The first-order chi connectivity index (χ1) is 14.3. The molecule has 0 spiro atoms. The van der Waals surface area contributed by atoms with Crippen molar-refractivity contribution in [2.75, 3.05) is 5.32 Å². The van der Waals surface area contributed by atoms with E-state index in [1.54, 1.807) is 36.4 Å². The van der Waals surface area contributed by atoms with Crippen LogP contribution in [-0.4, -0.2) is 15.6 Å². The number of nitrogens with one attached hydrogen (secondary N) is 1. The smallest absolute Gasteiger partial charge is 0.269 e. The van der Waals surface area contributed by atoms with E-state index in [2.05, 4.69) is 5.32 Å². The van der Waals surface area contributed by atoms with E-state index in [0.29, 0.717) is 16.8 Å². The van der Waals surface area contributed by atoms with Gasteiger partial charge in [-0.25, -0.2) is 0 Å². The average molecular weight is 405 g/mol. The number of carbonyl (C=O) groups is 1. The van der Waals surface area contributed by atoms with Crippen molar-refractivity contribution in [3.05, 3.63) is 110 Å². The Labute approximate surface area is 172 Å². The number of nitro groups is 2. The van der Waals surface area contributed by atoms with Crippen molar-refractivity contribution in [1.82, 2.24) is 0 Å². The molecule has 0 saturated heterocycles. The van der Waals surface area contributed by atoms with Crippen LogP contribution in [0.3, 0.4) is 0 Å². The Morgan fingerprint density at radius 2 is 1.33 bits per heavy atom. The zero-order valence-electron chi connectivity index (χ0n) is 16.1. The number of aryl methyl sites for hydroxylation is 1. The maximum absolute atomic E-state index is 12.8. The van der Waals surface area contributed by atoms with Crippen molar-refractivity contribution < 1.29 is 14.6 Å². The summed E-state index contributed by atoms with van der Waals surface area (Å²) in [5.41, 5.74) is 2.82. The quantitative estimate of drug-likeness (QED) is 0.311. The van der Waals surface area contributed by atoms with Crippen LogP contribution in [0, 0.1) is 27.2 Å². The molecule has 0 bridgehead atoms. The molecule has 30 heavy (non-hydrogen) atoms. The van der Waals surface area contributed by atoms with Gasteiger partial charge in [0.05, 0.1) is 15.9 Å². The maximum atomic E-state index is 12.8. The number of hydrogen-bond acceptors (Lipinski definition) is 6. The summed E-state index contributed by atoms with van der Waals surface area (Å²) in [6, 6.07) is 18.6. The third-order valence-electron chi connectivity index (χ3n) is 4.69. The largest absolute Gasteiger partial charge is 0.378 e. The minimum atomic E-state index is -0.488. The van der Waals surface area contributed by atoms with Crippen molar-refractivity contribution in [3.63, 3.8) is 0 Å². The van der Waals surface area contributed by atoms with Crippen molar-refractivity contribution in [2.24, 2.45) is 0 Å². The first-order valence-electron chi connectivity index (χ1n) is 9.18. The van der Waals surface area contributed by atoms with Gasteiger partial charge < -0.3 is 5.32 Å². The molecule has 8 nitrogen and oxygen atoms in total. The van der Waals surface area contributed by atoms with E-state index in [-0.39, 0.29) is 23.6 Å². The van der Waals surface area contributed by atoms with E-state index in [0.717, 1.165) is 5.56 Å². The number of carbonyl (C=O) groups excluding carboxylic acids is 1. The van der Waals surface area contributed by atoms with Gasteiger partial charge in [0.2, 0.25) is 0 Å². The number of hydrogen-bond donors (Lipinski definition) is 1. The monoisotopic (exact) mass is 405 g/mol. The van der Waals surface area contributed by atoms with E-state index < -0.39 is 15.9 Å². The SMILES string of the molecule is Cc1ccc(C(=O)CC(Nc2ccc([N+](=O)[O-])cc2)c2ccc([N+](=O)[O-])cc2)cc1. The third-order valence-corrected chi connectivity index (χ3v) is 4.69. The van der Waals surface area contributed by atoms with E-state index in [4.69, 9.17) is 0 Å². The standard InChI is InChI=1S/C22H19N3O5/c1-15-2-4-17(5-3-15)22(26)14-21(16-6-10-19(11-7-16)24(27)28)23-18-8-12-20(13-9-18)25(29)30/h2-13,21,23H,14H2,1H3. The molecular formula is C22H19N3O5. The molecule has 0 fully saturated rings. The summed E-state index contributed by atoms with van der Waals surface area (Å²) in [5.74, 6) is -0.0900. The number of nitro benzene ring substituents is 2. The van der Waals surface area contributed by atoms with Gasteiger partial charge in [0.15, 0.2) is 5.78 Å². The molecule has 0 saturated carbocycles. The minimum Gasteiger partial charge on any atom is -0.378 e. The Balaban J connectivity index is 1.87. The second kappa shape index (κ2) is 8.95. The number of Topliss-reactive ketones (excluding diaryl/α,β-unsaturated/α-hetero) is 1. The fourth-order valence-electron chi connectivity index (χ4n) is 3.00. The number of rotatable bonds is 8. The van der Waals surface area contributed by atoms with Crippen LogP contribution in [0.25, 0.3) is 0 Å². The van der Waals surface area contributed by atoms with Crippen LogP contribution >= 0.6 is 0 Å². The lowest BCUT2D eigenvalue weighted by atomic mass is 9.97. The van der Waals surface area contributed by atoms with Gasteiger partial charge in [-0.1, -0.05) is 42.0 Å². The zero-order valence-corrected chi connectivity index (χ0v) is 16.1. The topological polar surface area (TPSA) is 115 Å². The Morgan fingerprint density at radius 1 is 0.833 bits per heavy atom. The van der Waals surface area contributed by atoms with Gasteiger partial charge in [0.25, 0.3) is 11.4 Å². The molecule has 0 aliphatic carbocycles. The molecule has 0 heterocycles. The first kappa shape index (κ1) is 20.7. The molecule has 3 aromatic carbocycles. The molecule has 0 aliphatic rings. The summed E-state index contributed by atoms with van der Waals surface area (Å²) in [6.07, 6.45) is 0.109. The highest BCUT2D eigenvalue weighted by Crippen LogP contribution is 2.27. The maximum Gasteiger partial charge on any atom is 0.269 e.